The molecule has 1 saturated heterocycles. The lowest BCUT2D eigenvalue weighted by Crippen LogP contribution is -2.39. The molecule has 0 bridgehead atoms. The van der Waals surface area contributed by atoms with Crippen molar-refractivity contribution in [2.45, 2.75) is 19.4 Å². The van der Waals surface area contributed by atoms with Crippen molar-refractivity contribution >= 4 is 39.1 Å². The van der Waals surface area contributed by atoms with Crippen molar-refractivity contribution < 1.29 is 4.79 Å². The Balaban J connectivity index is 2.05. The Morgan fingerprint density at radius 2 is 2.35 bits per heavy atom. The number of benzene rings is 1. The van der Waals surface area contributed by atoms with Gasteiger partial charge in [-0.1, -0.05) is 18.5 Å². The van der Waals surface area contributed by atoms with Gasteiger partial charge >= 0.3 is 0 Å². The third-order valence-corrected chi connectivity index (χ3v) is 4.24. The van der Waals surface area contributed by atoms with Crippen molar-refractivity contribution in [2.75, 3.05) is 11.9 Å². The molecule has 2 atom stereocenters. The predicted molar refractivity (Wildman–Crippen MR) is 73.4 cm³/mol. The normalized spacial score (nSPS) is 23.7. The third kappa shape index (κ3) is 3.00. The van der Waals surface area contributed by atoms with Gasteiger partial charge in [0, 0.05) is 10.2 Å². The van der Waals surface area contributed by atoms with E-state index in [0.29, 0.717) is 10.9 Å². The van der Waals surface area contributed by atoms with E-state index in [1.165, 1.54) is 0 Å². The van der Waals surface area contributed by atoms with Crippen molar-refractivity contribution in [1.82, 2.24) is 5.32 Å². The second-order valence-electron chi connectivity index (χ2n) is 4.32. The molecule has 0 aliphatic carbocycles. The highest BCUT2D eigenvalue weighted by Gasteiger charge is 2.29. The van der Waals surface area contributed by atoms with Gasteiger partial charge in [0.05, 0.1) is 11.1 Å². The van der Waals surface area contributed by atoms with Crippen LogP contribution in [0.25, 0.3) is 0 Å². The van der Waals surface area contributed by atoms with Crippen molar-refractivity contribution in [3.63, 3.8) is 0 Å². The Morgan fingerprint density at radius 3 is 2.94 bits per heavy atom. The van der Waals surface area contributed by atoms with Crippen LogP contribution in [-0.2, 0) is 4.79 Å². The third-order valence-electron chi connectivity index (χ3n) is 3.00. The Hall–Kier alpha value is -0.580. The smallest absolute Gasteiger partial charge is 0.241 e. The lowest BCUT2D eigenvalue weighted by molar-refractivity contribution is -0.118. The minimum atomic E-state index is -0.0996. The zero-order chi connectivity index (χ0) is 12.4. The number of carbonyl (C=O) groups excluding carboxylic acids is 1. The van der Waals surface area contributed by atoms with Crippen LogP contribution >= 0.6 is 27.5 Å². The molecule has 2 rings (SSSR count). The molecule has 1 fully saturated rings. The van der Waals surface area contributed by atoms with Gasteiger partial charge in [-0.05, 0) is 53.0 Å². The average Bonchev–Trinajstić information content (AvgIpc) is 2.70. The number of rotatable bonds is 2. The molecular weight excluding hydrogens is 304 g/mol. The lowest BCUT2D eigenvalue weighted by Gasteiger charge is -2.15. The van der Waals surface area contributed by atoms with E-state index >= 15 is 0 Å². The Bertz CT molecular complexity index is 439. The van der Waals surface area contributed by atoms with Crippen LogP contribution in [0.4, 0.5) is 5.69 Å². The second kappa shape index (κ2) is 5.38. The van der Waals surface area contributed by atoms with Crippen LogP contribution in [0, 0.1) is 5.92 Å². The molecule has 1 aliphatic rings. The first-order valence-corrected chi connectivity index (χ1v) is 6.74. The topological polar surface area (TPSA) is 41.1 Å². The summed E-state index contributed by atoms with van der Waals surface area (Å²) in [7, 11) is 0. The molecule has 92 valence electrons. The van der Waals surface area contributed by atoms with E-state index in [0.717, 1.165) is 23.1 Å². The fourth-order valence-electron chi connectivity index (χ4n) is 1.98. The molecule has 1 aliphatic heterocycles. The van der Waals surface area contributed by atoms with Crippen molar-refractivity contribution in [3.05, 3.63) is 27.7 Å². The molecule has 1 aromatic carbocycles. The van der Waals surface area contributed by atoms with E-state index in [9.17, 15) is 4.79 Å². The Morgan fingerprint density at radius 1 is 1.59 bits per heavy atom. The van der Waals surface area contributed by atoms with E-state index in [-0.39, 0.29) is 11.9 Å². The summed E-state index contributed by atoms with van der Waals surface area (Å²) in [5, 5.41) is 6.67. The summed E-state index contributed by atoms with van der Waals surface area (Å²) in [6, 6.07) is 5.29. The van der Waals surface area contributed by atoms with Gasteiger partial charge < -0.3 is 10.6 Å². The number of amides is 1. The number of hydrogen-bond acceptors (Lipinski definition) is 2. The van der Waals surface area contributed by atoms with E-state index in [2.05, 4.69) is 33.5 Å². The van der Waals surface area contributed by atoms with Crippen LogP contribution < -0.4 is 10.6 Å². The maximum atomic E-state index is 12.0. The summed E-state index contributed by atoms with van der Waals surface area (Å²) in [5.74, 6) is 0.384. The Kier molecular flexibility index (Phi) is 4.07. The fourth-order valence-corrected chi connectivity index (χ4v) is 2.41. The summed E-state index contributed by atoms with van der Waals surface area (Å²) in [6.45, 7) is 2.99. The number of hydrogen-bond donors (Lipinski definition) is 2. The van der Waals surface area contributed by atoms with Gasteiger partial charge in [0.1, 0.15) is 0 Å². The van der Waals surface area contributed by atoms with Crippen molar-refractivity contribution in [3.8, 4) is 0 Å². The maximum absolute atomic E-state index is 12.0. The quantitative estimate of drug-likeness (QED) is 0.880. The first kappa shape index (κ1) is 12.9. The van der Waals surface area contributed by atoms with E-state index in [1.807, 2.05) is 12.1 Å². The molecule has 5 heteroatoms. The van der Waals surface area contributed by atoms with E-state index in [4.69, 9.17) is 11.6 Å². The second-order valence-corrected chi connectivity index (χ2v) is 5.58. The van der Waals surface area contributed by atoms with E-state index in [1.54, 1.807) is 6.07 Å². The first-order valence-electron chi connectivity index (χ1n) is 5.57. The number of anilines is 1. The highest BCUT2D eigenvalue weighted by atomic mass is 79.9. The molecule has 2 unspecified atom stereocenters. The fraction of sp³-hybridized carbons (Fsp3) is 0.417. The van der Waals surface area contributed by atoms with Gasteiger partial charge in [0.2, 0.25) is 5.91 Å². The van der Waals surface area contributed by atoms with Crippen LogP contribution in [0.3, 0.4) is 0 Å². The zero-order valence-electron chi connectivity index (χ0n) is 9.47. The van der Waals surface area contributed by atoms with Gasteiger partial charge in [0.15, 0.2) is 0 Å². The minimum absolute atomic E-state index is 0.00777. The van der Waals surface area contributed by atoms with Gasteiger partial charge in [-0.2, -0.15) is 0 Å². The van der Waals surface area contributed by atoms with Crippen LogP contribution in [-0.4, -0.2) is 18.5 Å². The molecule has 0 saturated carbocycles. The van der Waals surface area contributed by atoms with Crippen LogP contribution in [0.15, 0.2) is 22.7 Å². The number of carbonyl (C=O) groups is 1. The molecular formula is C12H14BrClN2O. The molecule has 1 heterocycles. The largest absolute Gasteiger partial charge is 0.325 e. The number of halogens is 2. The van der Waals surface area contributed by atoms with Gasteiger partial charge in [-0.3, -0.25) is 4.79 Å². The molecule has 0 radical (unpaired) electrons. The van der Waals surface area contributed by atoms with E-state index < -0.39 is 0 Å². The summed E-state index contributed by atoms with van der Waals surface area (Å²) in [6.07, 6.45) is 1.04. The average molecular weight is 318 g/mol. The highest BCUT2D eigenvalue weighted by Crippen LogP contribution is 2.26. The van der Waals surface area contributed by atoms with Gasteiger partial charge in [-0.15, -0.1) is 0 Å². The predicted octanol–water partition coefficient (Wildman–Crippen LogP) is 3.04. The lowest BCUT2D eigenvalue weighted by atomic mass is 10.0. The Labute approximate surface area is 114 Å². The summed E-state index contributed by atoms with van der Waals surface area (Å²) in [5.41, 5.74) is 0.726. The molecule has 0 aromatic heterocycles. The zero-order valence-corrected chi connectivity index (χ0v) is 11.8. The number of nitrogens with one attached hydrogen (secondary N) is 2. The highest BCUT2D eigenvalue weighted by molar-refractivity contribution is 9.10. The minimum Gasteiger partial charge on any atom is -0.325 e. The van der Waals surface area contributed by atoms with Crippen LogP contribution in [0.1, 0.15) is 13.3 Å². The molecule has 17 heavy (non-hydrogen) atoms. The molecule has 2 N–H and O–H groups in total. The molecule has 1 aromatic rings. The monoisotopic (exact) mass is 316 g/mol. The molecule has 0 spiro atoms. The summed E-state index contributed by atoms with van der Waals surface area (Å²) >= 11 is 9.29. The standard InChI is InChI=1S/C12H14BrClN2O/c1-7-4-5-15-11(7)12(17)16-8-2-3-9(13)10(14)6-8/h2-3,6-7,11,15H,4-5H2,1H3,(H,16,17). The first-order chi connectivity index (χ1) is 8.08. The van der Waals surface area contributed by atoms with Crippen LogP contribution in [0.2, 0.25) is 5.02 Å². The van der Waals surface area contributed by atoms with Crippen molar-refractivity contribution in [2.24, 2.45) is 5.92 Å². The van der Waals surface area contributed by atoms with Gasteiger partial charge in [-0.25, -0.2) is 0 Å². The summed E-state index contributed by atoms with van der Waals surface area (Å²) in [4.78, 5) is 12.0. The van der Waals surface area contributed by atoms with Crippen molar-refractivity contribution in [1.29, 1.82) is 0 Å². The molecule has 1 amide bonds. The maximum Gasteiger partial charge on any atom is 0.241 e. The van der Waals surface area contributed by atoms with Crippen LogP contribution in [0.5, 0.6) is 0 Å². The SMILES string of the molecule is CC1CCNC1C(=O)Nc1ccc(Br)c(Cl)c1. The summed E-state index contributed by atoms with van der Waals surface area (Å²) < 4.78 is 0.824. The van der Waals surface area contributed by atoms with Gasteiger partial charge in [0.25, 0.3) is 0 Å². The molecule has 3 nitrogen and oxygen atoms in total.